The number of hydrogen-bond donors (Lipinski definition) is 1. The Hall–Kier alpha value is -3.67. The minimum Gasteiger partial charge on any atom is -0.484 e. The highest BCUT2D eigenvalue weighted by atomic mass is 16.5. The van der Waals surface area contributed by atoms with Crippen molar-refractivity contribution >= 4 is 23.2 Å². The number of nitrogens with zero attached hydrogens (tertiary/aromatic N) is 1. The monoisotopic (exact) mass is 526 g/mol. The second-order valence-electron chi connectivity index (χ2n) is 12.9. The molecular weight excluding hydrogens is 488 g/mol. The van der Waals surface area contributed by atoms with Gasteiger partial charge in [0.1, 0.15) is 5.75 Å². The number of ether oxygens (including phenoxy) is 1. The zero-order chi connectivity index (χ0) is 28.1. The summed E-state index contributed by atoms with van der Waals surface area (Å²) >= 11 is 0. The molecule has 5 rings (SSSR count). The van der Waals surface area contributed by atoms with Gasteiger partial charge in [0.2, 0.25) is 0 Å². The first-order chi connectivity index (χ1) is 18.3. The number of Topliss-reactive ketones (excluding diaryl/α,β-unsaturated/α-hetero) is 2. The van der Waals surface area contributed by atoms with Crippen LogP contribution in [0, 0.1) is 17.8 Å². The van der Waals surface area contributed by atoms with Gasteiger partial charge in [-0.2, -0.15) is 0 Å². The molecule has 1 amide bonds. The van der Waals surface area contributed by atoms with Gasteiger partial charge in [0, 0.05) is 54.0 Å². The number of aryl methyl sites for hydroxylation is 1. The fourth-order valence-corrected chi connectivity index (χ4v) is 6.26. The van der Waals surface area contributed by atoms with Crippen molar-refractivity contribution in [1.29, 1.82) is 0 Å². The van der Waals surface area contributed by atoms with E-state index < -0.39 is 5.92 Å². The van der Waals surface area contributed by atoms with E-state index in [-0.39, 0.29) is 34.9 Å². The van der Waals surface area contributed by atoms with Gasteiger partial charge in [-0.15, -0.1) is 0 Å². The van der Waals surface area contributed by atoms with E-state index in [2.05, 4.69) is 37.9 Å². The highest BCUT2D eigenvalue weighted by molar-refractivity contribution is 6.06. The summed E-state index contributed by atoms with van der Waals surface area (Å²) in [5, 5.41) is 2.85. The molecule has 0 atom stereocenters. The van der Waals surface area contributed by atoms with E-state index in [1.165, 1.54) is 0 Å². The lowest BCUT2D eigenvalue weighted by molar-refractivity contribution is -0.120. The number of nitrogens with one attached hydrogen (secondary N) is 1. The lowest BCUT2D eigenvalue weighted by Crippen LogP contribution is -2.43. The van der Waals surface area contributed by atoms with Crippen molar-refractivity contribution in [3.05, 3.63) is 82.2 Å². The first-order valence-electron chi connectivity index (χ1n) is 13.7. The summed E-state index contributed by atoms with van der Waals surface area (Å²) in [5.41, 5.74) is 5.91. The summed E-state index contributed by atoms with van der Waals surface area (Å²) in [6.07, 6.45) is 2.46. The SMILES string of the molecule is Cc1ccc(NC(=O)COc2cccc(C3C4=C(CC(C)(C)CC4=O)N(C)C4=C3C(=O)CC(C)(C)C4)c2)cc1. The first kappa shape index (κ1) is 26.9. The Bertz CT molecular complexity index is 1360. The highest BCUT2D eigenvalue weighted by Crippen LogP contribution is 2.54. The third-order valence-electron chi connectivity index (χ3n) is 8.08. The Labute approximate surface area is 231 Å². The Morgan fingerprint density at radius 1 is 0.897 bits per heavy atom. The van der Waals surface area contributed by atoms with Gasteiger partial charge in [0.15, 0.2) is 18.2 Å². The minimum absolute atomic E-state index is 0.103. The molecule has 6 heteroatoms. The minimum atomic E-state index is -0.427. The van der Waals surface area contributed by atoms with Crippen molar-refractivity contribution in [1.82, 2.24) is 4.90 Å². The molecule has 2 aliphatic carbocycles. The molecule has 0 bridgehead atoms. The molecule has 0 spiro atoms. The van der Waals surface area contributed by atoms with Crippen LogP contribution < -0.4 is 10.1 Å². The molecule has 0 saturated carbocycles. The zero-order valence-electron chi connectivity index (χ0n) is 23.8. The van der Waals surface area contributed by atoms with Crippen LogP contribution in [0.15, 0.2) is 71.1 Å². The van der Waals surface area contributed by atoms with Crippen molar-refractivity contribution in [2.45, 2.75) is 66.2 Å². The number of carbonyl (C=O) groups is 3. The number of rotatable bonds is 5. The third-order valence-corrected chi connectivity index (χ3v) is 8.08. The summed E-state index contributed by atoms with van der Waals surface area (Å²) in [6.45, 7) is 10.4. The number of allylic oxidation sites excluding steroid dienone is 4. The van der Waals surface area contributed by atoms with E-state index in [4.69, 9.17) is 4.74 Å². The van der Waals surface area contributed by atoms with Crippen molar-refractivity contribution < 1.29 is 19.1 Å². The summed E-state index contributed by atoms with van der Waals surface area (Å²) in [5.74, 6) is 0.0513. The Morgan fingerprint density at radius 2 is 1.46 bits per heavy atom. The van der Waals surface area contributed by atoms with Crippen molar-refractivity contribution in [3.8, 4) is 5.75 Å². The Kier molecular flexibility index (Phi) is 6.78. The molecule has 0 aromatic heterocycles. The molecule has 2 aromatic carbocycles. The summed E-state index contributed by atoms with van der Waals surface area (Å²) in [4.78, 5) is 42.0. The second kappa shape index (κ2) is 9.82. The molecule has 204 valence electrons. The van der Waals surface area contributed by atoms with E-state index in [1.807, 2.05) is 56.4 Å². The van der Waals surface area contributed by atoms with Crippen LogP contribution in [0.25, 0.3) is 0 Å². The molecule has 2 aromatic rings. The number of hydrogen-bond acceptors (Lipinski definition) is 5. The summed E-state index contributed by atoms with van der Waals surface area (Å²) in [7, 11) is 2.01. The van der Waals surface area contributed by atoms with Crippen LogP contribution in [0.1, 0.15) is 70.4 Å². The molecule has 1 heterocycles. The fourth-order valence-electron chi connectivity index (χ4n) is 6.26. The topological polar surface area (TPSA) is 75.7 Å². The fraction of sp³-hybridized carbons (Fsp3) is 0.424. The maximum atomic E-state index is 13.7. The van der Waals surface area contributed by atoms with E-state index in [0.717, 1.165) is 46.5 Å². The van der Waals surface area contributed by atoms with Crippen LogP contribution >= 0.6 is 0 Å². The average molecular weight is 527 g/mol. The van der Waals surface area contributed by atoms with Gasteiger partial charge in [-0.25, -0.2) is 0 Å². The number of anilines is 1. The van der Waals surface area contributed by atoms with Crippen LogP contribution in [-0.4, -0.2) is 36.0 Å². The van der Waals surface area contributed by atoms with E-state index >= 15 is 0 Å². The average Bonchev–Trinajstić information content (AvgIpc) is 2.84. The van der Waals surface area contributed by atoms with E-state index in [1.54, 1.807) is 6.07 Å². The zero-order valence-corrected chi connectivity index (χ0v) is 23.8. The quantitative estimate of drug-likeness (QED) is 0.493. The molecule has 1 aliphatic heterocycles. The van der Waals surface area contributed by atoms with Crippen molar-refractivity contribution in [2.75, 3.05) is 19.0 Å². The third kappa shape index (κ3) is 5.42. The summed E-state index contributed by atoms with van der Waals surface area (Å²) < 4.78 is 5.88. The van der Waals surface area contributed by atoms with Gasteiger partial charge in [0.25, 0.3) is 5.91 Å². The van der Waals surface area contributed by atoms with Crippen LogP contribution in [0.5, 0.6) is 5.75 Å². The number of amides is 1. The molecule has 3 aliphatic rings. The summed E-state index contributed by atoms with van der Waals surface area (Å²) in [6, 6.07) is 15.1. The van der Waals surface area contributed by atoms with E-state index in [9.17, 15) is 14.4 Å². The molecule has 0 saturated heterocycles. The van der Waals surface area contributed by atoms with Gasteiger partial charge in [0.05, 0.1) is 0 Å². The largest absolute Gasteiger partial charge is 0.484 e. The molecule has 0 radical (unpaired) electrons. The predicted molar refractivity (Wildman–Crippen MR) is 152 cm³/mol. The molecule has 0 fully saturated rings. The van der Waals surface area contributed by atoms with Crippen LogP contribution in [0.4, 0.5) is 5.69 Å². The maximum Gasteiger partial charge on any atom is 0.262 e. The number of benzene rings is 2. The van der Waals surface area contributed by atoms with Gasteiger partial charge >= 0.3 is 0 Å². The molecule has 6 nitrogen and oxygen atoms in total. The lowest BCUT2D eigenvalue weighted by Gasteiger charge is -2.47. The number of ketones is 2. The lowest BCUT2D eigenvalue weighted by atomic mass is 9.64. The number of carbonyl (C=O) groups excluding carboxylic acids is 3. The predicted octanol–water partition coefficient (Wildman–Crippen LogP) is 6.33. The van der Waals surface area contributed by atoms with Gasteiger partial charge in [-0.1, -0.05) is 57.5 Å². The van der Waals surface area contributed by atoms with Gasteiger partial charge < -0.3 is 15.0 Å². The van der Waals surface area contributed by atoms with E-state index in [0.29, 0.717) is 24.3 Å². The van der Waals surface area contributed by atoms with Crippen molar-refractivity contribution in [2.24, 2.45) is 10.8 Å². The van der Waals surface area contributed by atoms with Gasteiger partial charge in [-0.05, 0) is 60.4 Å². The second-order valence-corrected chi connectivity index (χ2v) is 12.9. The Balaban J connectivity index is 1.47. The van der Waals surface area contributed by atoms with Crippen LogP contribution in [0.3, 0.4) is 0 Å². The molecule has 0 unspecified atom stereocenters. The molecule has 1 N–H and O–H groups in total. The normalized spacial score (nSPS) is 20.5. The molecular formula is C33H38N2O4. The van der Waals surface area contributed by atoms with Crippen LogP contribution in [-0.2, 0) is 14.4 Å². The first-order valence-corrected chi connectivity index (χ1v) is 13.7. The van der Waals surface area contributed by atoms with Gasteiger partial charge in [-0.3, -0.25) is 14.4 Å². The smallest absolute Gasteiger partial charge is 0.262 e. The highest BCUT2D eigenvalue weighted by Gasteiger charge is 2.48. The maximum absolute atomic E-state index is 13.7. The Morgan fingerprint density at radius 3 is 2.03 bits per heavy atom. The standard InChI is InChI=1S/C33H38N2O4/c1-20-10-12-22(13-11-20)34-28(38)19-39-23-9-7-8-21(14-23)29-30-24(15-32(2,3)17-26(30)36)35(6)25-16-33(4,5)18-27(37)31(25)29/h7-14,29H,15-19H2,1-6H3,(H,34,38). The molecule has 39 heavy (non-hydrogen) atoms. The van der Waals surface area contributed by atoms with Crippen LogP contribution in [0.2, 0.25) is 0 Å². The van der Waals surface area contributed by atoms with Crippen molar-refractivity contribution in [3.63, 3.8) is 0 Å².